The van der Waals surface area contributed by atoms with Gasteiger partial charge in [-0.15, -0.1) is 0 Å². The molecule has 0 aliphatic heterocycles. The fourth-order valence-electron chi connectivity index (χ4n) is 2.06. The molecule has 0 spiro atoms. The highest BCUT2D eigenvalue weighted by molar-refractivity contribution is 5.93. The molecule has 1 aromatic heterocycles. The third-order valence-corrected chi connectivity index (χ3v) is 3.13. The first kappa shape index (κ1) is 12.4. The molecule has 2 aromatic rings. The summed E-state index contributed by atoms with van der Waals surface area (Å²) in [6, 6.07) is 4.05. The van der Waals surface area contributed by atoms with Gasteiger partial charge in [-0.25, -0.2) is 9.78 Å². The minimum Gasteiger partial charge on any atom is -0.477 e. The molecule has 1 aromatic carbocycles. The molecule has 0 bridgehead atoms. The maximum atomic E-state index is 11.2. The summed E-state index contributed by atoms with van der Waals surface area (Å²) < 4.78 is 0. The van der Waals surface area contributed by atoms with Gasteiger partial charge in [-0.1, -0.05) is 6.07 Å². The second-order valence-electron chi connectivity index (χ2n) is 4.60. The second-order valence-corrected chi connectivity index (χ2v) is 4.60. The number of carboxylic acid groups (broad SMARTS) is 1. The van der Waals surface area contributed by atoms with Gasteiger partial charge in [0.25, 0.3) is 0 Å². The average molecular weight is 244 g/mol. The molecule has 4 heteroatoms. The van der Waals surface area contributed by atoms with Gasteiger partial charge in [0, 0.05) is 5.56 Å². The van der Waals surface area contributed by atoms with Crippen molar-refractivity contribution in [2.45, 2.75) is 27.7 Å². The van der Waals surface area contributed by atoms with Gasteiger partial charge in [0.1, 0.15) is 11.5 Å². The molecule has 0 saturated carbocycles. The highest BCUT2D eigenvalue weighted by Gasteiger charge is 2.18. The van der Waals surface area contributed by atoms with E-state index in [4.69, 9.17) is 0 Å². The smallest absolute Gasteiger partial charge is 0.354 e. The van der Waals surface area contributed by atoms with Crippen LogP contribution in [0.1, 0.15) is 33.0 Å². The van der Waals surface area contributed by atoms with E-state index in [2.05, 4.69) is 16.0 Å². The Balaban J connectivity index is 2.69. The summed E-state index contributed by atoms with van der Waals surface area (Å²) in [6.07, 6.45) is 0. The molecule has 0 amide bonds. The maximum Gasteiger partial charge on any atom is 0.354 e. The Morgan fingerprint density at radius 2 is 1.72 bits per heavy atom. The summed E-state index contributed by atoms with van der Waals surface area (Å²) in [6.45, 7) is 7.78. The number of aryl methyl sites for hydroxylation is 4. The summed E-state index contributed by atoms with van der Waals surface area (Å²) in [5.74, 6) is -0.372. The van der Waals surface area contributed by atoms with Gasteiger partial charge in [-0.05, 0) is 50.5 Å². The Hall–Kier alpha value is -2.10. The fraction of sp³-hybridized carbons (Fsp3) is 0.286. The van der Waals surface area contributed by atoms with Gasteiger partial charge >= 0.3 is 5.97 Å². The predicted molar refractivity (Wildman–Crippen MR) is 69.9 cm³/mol. The van der Waals surface area contributed by atoms with E-state index >= 15 is 0 Å². The van der Waals surface area contributed by atoms with Gasteiger partial charge < -0.3 is 10.1 Å². The number of rotatable bonds is 2. The van der Waals surface area contributed by atoms with Gasteiger partial charge in [0.05, 0.1) is 0 Å². The largest absolute Gasteiger partial charge is 0.477 e. The van der Waals surface area contributed by atoms with Crippen molar-refractivity contribution in [2.75, 3.05) is 0 Å². The standard InChI is InChI=1S/C14H16N2O2/c1-7-5-9(3)11(6-8(7)2)12-13(14(17)18)16-10(4)15-12/h5-6H,1-4H3,(H,15,16)(H,17,18). The van der Waals surface area contributed by atoms with E-state index in [0.717, 1.165) is 16.7 Å². The summed E-state index contributed by atoms with van der Waals surface area (Å²) in [5.41, 5.74) is 4.90. The van der Waals surface area contributed by atoms with Crippen molar-refractivity contribution < 1.29 is 9.90 Å². The second kappa shape index (κ2) is 4.29. The van der Waals surface area contributed by atoms with E-state index in [1.54, 1.807) is 6.92 Å². The van der Waals surface area contributed by atoms with E-state index in [1.807, 2.05) is 26.8 Å². The highest BCUT2D eigenvalue weighted by Crippen LogP contribution is 2.27. The van der Waals surface area contributed by atoms with Crippen molar-refractivity contribution in [3.8, 4) is 11.3 Å². The van der Waals surface area contributed by atoms with Gasteiger partial charge in [-0.2, -0.15) is 0 Å². The molecule has 1 heterocycles. The van der Waals surface area contributed by atoms with Crippen LogP contribution >= 0.6 is 0 Å². The van der Waals surface area contributed by atoms with Crippen LogP contribution < -0.4 is 0 Å². The summed E-state index contributed by atoms with van der Waals surface area (Å²) in [4.78, 5) is 18.3. The summed E-state index contributed by atoms with van der Waals surface area (Å²) in [7, 11) is 0. The van der Waals surface area contributed by atoms with Crippen molar-refractivity contribution in [2.24, 2.45) is 0 Å². The normalized spacial score (nSPS) is 10.7. The Labute approximate surface area is 106 Å². The number of hydrogen-bond donors (Lipinski definition) is 2. The first-order chi connectivity index (χ1) is 8.40. The Morgan fingerprint density at radius 3 is 2.33 bits per heavy atom. The molecule has 4 nitrogen and oxygen atoms in total. The Kier molecular flexibility index (Phi) is 2.95. The van der Waals surface area contributed by atoms with E-state index < -0.39 is 5.97 Å². The Bertz CT molecular complexity index is 627. The van der Waals surface area contributed by atoms with E-state index in [9.17, 15) is 9.90 Å². The van der Waals surface area contributed by atoms with Crippen LogP contribution in [0.4, 0.5) is 0 Å². The third-order valence-electron chi connectivity index (χ3n) is 3.13. The summed E-state index contributed by atoms with van der Waals surface area (Å²) in [5, 5.41) is 9.18. The fourth-order valence-corrected chi connectivity index (χ4v) is 2.06. The molecule has 0 atom stereocenters. The first-order valence-electron chi connectivity index (χ1n) is 5.78. The average Bonchev–Trinajstić information content (AvgIpc) is 2.65. The van der Waals surface area contributed by atoms with Crippen molar-refractivity contribution in [3.05, 3.63) is 40.3 Å². The quantitative estimate of drug-likeness (QED) is 0.853. The molecule has 0 aliphatic carbocycles. The zero-order chi connectivity index (χ0) is 13.4. The van der Waals surface area contributed by atoms with Gasteiger partial charge in [-0.3, -0.25) is 0 Å². The summed E-state index contributed by atoms with van der Waals surface area (Å²) >= 11 is 0. The van der Waals surface area contributed by atoms with Crippen LogP contribution in [-0.4, -0.2) is 21.0 Å². The number of benzene rings is 1. The molecule has 0 aliphatic rings. The van der Waals surface area contributed by atoms with Crippen LogP contribution in [0.15, 0.2) is 12.1 Å². The highest BCUT2D eigenvalue weighted by atomic mass is 16.4. The molecule has 2 N–H and O–H groups in total. The van der Waals surface area contributed by atoms with E-state index in [-0.39, 0.29) is 5.69 Å². The van der Waals surface area contributed by atoms with Crippen LogP contribution in [-0.2, 0) is 0 Å². The molecule has 0 radical (unpaired) electrons. The minimum atomic E-state index is -0.983. The van der Waals surface area contributed by atoms with Gasteiger partial charge in [0.15, 0.2) is 5.69 Å². The number of hydrogen-bond acceptors (Lipinski definition) is 2. The monoisotopic (exact) mass is 244 g/mol. The molecule has 0 unspecified atom stereocenters. The number of aromatic carboxylic acids is 1. The number of aromatic amines is 1. The molecule has 94 valence electrons. The lowest BCUT2D eigenvalue weighted by Gasteiger charge is -2.08. The van der Waals surface area contributed by atoms with Crippen LogP contribution in [0.3, 0.4) is 0 Å². The van der Waals surface area contributed by atoms with Crippen molar-refractivity contribution >= 4 is 5.97 Å². The number of aromatic nitrogens is 2. The Morgan fingerprint density at radius 1 is 1.11 bits per heavy atom. The van der Waals surface area contributed by atoms with Crippen LogP contribution in [0.25, 0.3) is 11.3 Å². The van der Waals surface area contributed by atoms with Crippen LogP contribution in [0, 0.1) is 27.7 Å². The predicted octanol–water partition coefficient (Wildman–Crippen LogP) is 3.01. The molecular weight excluding hydrogens is 228 g/mol. The van der Waals surface area contributed by atoms with Crippen molar-refractivity contribution in [1.82, 2.24) is 9.97 Å². The lowest BCUT2D eigenvalue weighted by molar-refractivity contribution is 0.0692. The van der Waals surface area contributed by atoms with Crippen LogP contribution in [0.5, 0.6) is 0 Å². The lowest BCUT2D eigenvalue weighted by Crippen LogP contribution is -2.00. The topological polar surface area (TPSA) is 66.0 Å². The van der Waals surface area contributed by atoms with Crippen molar-refractivity contribution in [1.29, 1.82) is 0 Å². The van der Waals surface area contributed by atoms with E-state index in [0.29, 0.717) is 11.5 Å². The maximum absolute atomic E-state index is 11.2. The lowest BCUT2D eigenvalue weighted by atomic mass is 9.98. The third kappa shape index (κ3) is 2.01. The number of carbonyl (C=O) groups is 1. The number of carboxylic acids is 1. The molecule has 18 heavy (non-hydrogen) atoms. The number of nitrogens with one attached hydrogen (secondary N) is 1. The molecule has 0 fully saturated rings. The van der Waals surface area contributed by atoms with Gasteiger partial charge in [0.2, 0.25) is 0 Å². The van der Waals surface area contributed by atoms with Crippen molar-refractivity contribution in [3.63, 3.8) is 0 Å². The number of imidazole rings is 1. The molecular formula is C14H16N2O2. The van der Waals surface area contributed by atoms with E-state index in [1.165, 1.54) is 5.56 Å². The molecule has 0 saturated heterocycles. The zero-order valence-electron chi connectivity index (χ0n) is 11.0. The zero-order valence-corrected chi connectivity index (χ0v) is 11.0. The first-order valence-corrected chi connectivity index (χ1v) is 5.78. The number of nitrogens with zero attached hydrogens (tertiary/aromatic N) is 1. The minimum absolute atomic E-state index is 0.152. The molecule has 2 rings (SSSR count). The van der Waals surface area contributed by atoms with Crippen LogP contribution in [0.2, 0.25) is 0 Å². The SMILES string of the molecule is Cc1nc(-c2cc(C)c(C)cc2C)c(C(=O)O)[nH]1. The number of H-pyrrole nitrogens is 1.